The number of nitrogens with one attached hydrogen (secondary N) is 2. The summed E-state index contributed by atoms with van der Waals surface area (Å²) >= 11 is 0. The third kappa shape index (κ3) is 3.61. The first-order chi connectivity index (χ1) is 10.0. The molecule has 3 amide bonds. The van der Waals surface area contributed by atoms with E-state index in [4.69, 9.17) is 0 Å². The zero-order valence-electron chi connectivity index (χ0n) is 12.9. The van der Waals surface area contributed by atoms with E-state index in [1.807, 2.05) is 0 Å². The van der Waals surface area contributed by atoms with Crippen LogP contribution in [0.5, 0.6) is 0 Å². The largest absolute Gasteiger partial charge is 0.358 e. The zero-order valence-corrected chi connectivity index (χ0v) is 12.9. The van der Waals surface area contributed by atoms with Crippen LogP contribution in [-0.2, 0) is 14.4 Å². The summed E-state index contributed by atoms with van der Waals surface area (Å²) in [6.07, 6.45) is 6.51. The van der Waals surface area contributed by atoms with Crippen LogP contribution in [0.4, 0.5) is 0 Å². The summed E-state index contributed by atoms with van der Waals surface area (Å²) < 4.78 is 0. The molecule has 1 saturated heterocycles. The van der Waals surface area contributed by atoms with Gasteiger partial charge in [0, 0.05) is 13.1 Å². The van der Waals surface area contributed by atoms with Crippen LogP contribution in [0.2, 0.25) is 0 Å². The van der Waals surface area contributed by atoms with E-state index >= 15 is 0 Å². The van der Waals surface area contributed by atoms with E-state index in [9.17, 15) is 14.4 Å². The SMILES string of the molecule is CNC(=O)C(C)NC1CC(=O)N(C2CCCCCC2)C1=O. The predicted molar refractivity (Wildman–Crippen MR) is 78.4 cm³/mol. The van der Waals surface area contributed by atoms with Crippen molar-refractivity contribution in [1.82, 2.24) is 15.5 Å². The van der Waals surface area contributed by atoms with Gasteiger partial charge in [0.1, 0.15) is 0 Å². The minimum absolute atomic E-state index is 0.0506. The summed E-state index contributed by atoms with van der Waals surface area (Å²) in [4.78, 5) is 37.7. The lowest BCUT2D eigenvalue weighted by molar-refractivity contribution is -0.141. The van der Waals surface area contributed by atoms with E-state index in [0.717, 1.165) is 25.7 Å². The van der Waals surface area contributed by atoms with Crippen molar-refractivity contribution in [1.29, 1.82) is 0 Å². The molecule has 1 heterocycles. The number of rotatable bonds is 4. The van der Waals surface area contributed by atoms with E-state index in [1.165, 1.54) is 17.7 Å². The topological polar surface area (TPSA) is 78.5 Å². The van der Waals surface area contributed by atoms with E-state index in [-0.39, 0.29) is 30.2 Å². The summed E-state index contributed by atoms with van der Waals surface area (Å²) in [6, 6.07) is -0.992. The maximum Gasteiger partial charge on any atom is 0.247 e. The summed E-state index contributed by atoms with van der Waals surface area (Å²) in [5.41, 5.74) is 0. The van der Waals surface area contributed by atoms with Gasteiger partial charge in [-0.15, -0.1) is 0 Å². The summed E-state index contributed by atoms with van der Waals surface area (Å²) in [5.74, 6) is -0.445. The van der Waals surface area contributed by atoms with Crippen LogP contribution >= 0.6 is 0 Å². The van der Waals surface area contributed by atoms with Gasteiger partial charge in [0.25, 0.3) is 0 Å². The molecule has 21 heavy (non-hydrogen) atoms. The van der Waals surface area contributed by atoms with Crippen LogP contribution in [0.1, 0.15) is 51.9 Å². The van der Waals surface area contributed by atoms with Gasteiger partial charge in [0.05, 0.1) is 18.5 Å². The minimum atomic E-state index is -0.562. The Labute approximate surface area is 125 Å². The molecule has 0 aromatic rings. The highest BCUT2D eigenvalue weighted by Crippen LogP contribution is 2.26. The van der Waals surface area contributed by atoms with E-state index in [2.05, 4.69) is 10.6 Å². The van der Waals surface area contributed by atoms with Crippen LogP contribution in [0.3, 0.4) is 0 Å². The highest BCUT2D eigenvalue weighted by molar-refractivity contribution is 6.06. The molecule has 2 atom stereocenters. The lowest BCUT2D eigenvalue weighted by atomic mass is 10.1. The van der Waals surface area contributed by atoms with Gasteiger partial charge in [-0.1, -0.05) is 25.7 Å². The van der Waals surface area contributed by atoms with Gasteiger partial charge < -0.3 is 5.32 Å². The number of amides is 3. The first kappa shape index (κ1) is 15.9. The van der Waals surface area contributed by atoms with Crippen molar-refractivity contribution in [2.75, 3.05) is 7.05 Å². The van der Waals surface area contributed by atoms with Gasteiger partial charge in [-0.3, -0.25) is 24.6 Å². The van der Waals surface area contributed by atoms with Crippen molar-refractivity contribution < 1.29 is 14.4 Å². The van der Waals surface area contributed by atoms with Crippen molar-refractivity contribution in [3.05, 3.63) is 0 Å². The standard InChI is InChI=1S/C15H25N3O3/c1-10(14(20)16-2)17-12-9-13(19)18(15(12)21)11-7-5-3-4-6-8-11/h10-12,17H,3-9H2,1-2H3,(H,16,20). The Kier molecular flexibility index (Phi) is 5.33. The lowest BCUT2D eigenvalue weighted by Crippen LogP contribution is -2.49. The number of hydrogen-bond donors (Lipinski definition) is 2. The molecule has 2 rings (SSSR count). The second-order valence-corrected chi connectivity index (χ2v) is 6.01. The van der Waals surface area contributed by atoms with E-state index in [0.29, 0.717) is 0 Å². The predicted octanol–water partition coefficient (Wildman–Crippen LogP) is 0.561. The number of nitrogens with zero attached hydrogens (tertiary/aromatic N) is 1. The molecule has 118 valence electrons. The number of hydrogen-bond acceptors (Lipinski definition) is 4. The normalized spacial score (nSPS) is 25.8. The fourth-order valence-electron chi connectivity index (χ4n) is 3.27. The molecule has 6 heteroatoms. The zero-order chi connectivity index (χ0) is 15.4. The van der Waals surface area contributed by atoms with Crippen LogP contribution in [0.15, 0.2) is 0 Å². The highest BCUT2D eigenvalue weighted by atomic mass is 16.2. The minimum Gasteiger partial charge on any atom is -0.358 e. The number of likely N-dealkylation sites (N-methyl/N-ethyl adjacent to an activating group) is 1. The van der Waals surface area contributed by atoms with E-state index in [1.54, 1.807) is 14.0 Å². The first-order valence-electron chi connectivity index (χ1n) is 7.88. The smallest absolute Gasteiger partial charge is 0.247 e. The van der Waals surface area contributed by atoms with Gasteiger partial charge in [0.15, 0.2) is 0 Å². The van der Waals surface area contributed by atoms with Gasteiger partial charge in [-0.05, 0) is 19.8 Å². The molecular formula is C15H25N3O3. The number of carbonyl (C=O) groups excluding carboxylic acids is 3. The Morgan fingerprint density at radius 3 is 2.38 bits per heavy atom. The molecule has 6 nitrogen and oxygen atoms in total. The maximum atomic E-state index is 12.5. The maximum absolute atomic E-state index is 12.5. The first-order valence-corrected chi connectivity index (χ1v) is 7.88. The van der Waals surface area contributed by atoms with Crippen LogP contribution in [0, 0.1) is 0 Å². The molecule has 2 fully saturated rings. The monoisotopic (exact) mass is 295 g/mol. The molecule has 0 spiro atoms. The summed E-state index contributed by atoms with van der Waals surface area (Å²) in [6.45, 7) is 1.70. The second-order valence-electron chi connectivity index (χ2n) is 6.01. The fourth-order valence-corrected chi connectivity index (χ4v) is 3.27. The molecule has 2 unspecified atom stereocenters. The molecule has 2 N–H and O–H groups in total. The van der Waals surface area contributed by atoms with Crippen LogP contribution in [0.25, 0.3) is 0 Å². The van der Waals surface area contributed by atoms with Crippen molar-refractivity contribution in [2.24, 2.45) is 0 Å². The summed E-state index contributed by atoms with van der Waals surface area (Å²) in [5, 5.41) is 5.51. The Balaban J connectivity index is 2.00. The molecule has 1 saturated carbocycles. The molecule has 0 radical (unpaired) electrons. The molecule has 2 aliphatic rings. The van der Waals surface area contributed by atoms with Gasteiger partial charge >= 0.3 is 0 Å². The average Bonchev–Trinajstić information content (AvgIpc) is 2.66. The molecule has 0 aromatic carbocycles. The van der Waals surface area contributed by atoms with Crippen molar-refractivity contribution in [2.45, 2.75) is 70.0 Å². The lowest BCUT2D eigenvalue weighted by Gasteiger charge is -2.25. The third-order valence-electron chi connectivity index (χ3n) is 4.46. The molecule has 1 aliphatic heterocycles. The molecule has 1 aliphatic carbocycles. The van der Waals surface area contributed by atoms with Gasteiger partial charge in [-0.25, -0.2) is 0 Å². The quantitative estimate of drug-likeness (QED) is 0.587. The average molecular weight is 295 g/mol. The Bertz CT molecular complexity index is 416. The van der Waals surface area contributed by atoms with Crippen molar-refractivity contribution in [3.8, 4) is 0 Å². The molecular weight excluding hydrogens is 270 g/mol. The number of likely N-dealkylation sites (tertiary alicyclic amines) is 1. The van der Waals surface area contributed by atoms with Crippen molar-refractivity contribution >= 4 is 17.7 Å². The summed E-state index contributed by atoms with van der Waals surface area (Å²) in [7, 11) is 1.56. The van der Waals surface area contributed by atoms with Crippen LogP contribution in [-0.4, -0.2) is 47.8 Å². The third-order valence-corrected chi connectivity index (χ3v) is 4.46. The Morgan fingerprint density at radius 1 is 1.19 bits per heavy atom. The van der Waals surface area contributed by atoms with E-state index < -0.39 is 12.1 Å². The van der Waals surface area contributed by atoms with Crippen molar-refractivity contribution in [3.63, 3.8) is 0 Å². The number of imide groups is 1. The number of carbonyl (C=O) groups is 3. The molecule has 0 bridgehead atoms. The van der Waals surface area contributed by atoms with Gasteiger partial charge in [-0.2, -0.15) is 0 Å². The Hall–Kier alpha value is -1.43. The van der Waals surface area contributed by atoms with Gasteiger partial charge in [0.2, 0.25) is 17.7 Å². The highest BCUT2D eigenvalue weighted by Gasteiger charge is 2.42. The second kappa shape index (κ2) is 7.02. The molecule has 0 aromatic heterocycles. The fraction of sp³-hybridized carbons (Fsp3) is 0.800. The van der Waals surface area contributed by atoms with Crippen LogP contribution < -0.4 is 10.6 Å². The Morgan fingerprint density at radius 2 is 1.81 bits per heavy atom.